The molecule has 4 heterocycles. The Labute approximate surface area is 208 Å². The van der Waals surface area contributed by atoms with Crippen LogP contribution in [0.1, 0.15) is 60.3 Å². The molecule has 0 aromatic carbocycles. The first kappa shape index (κ1) is 25.9. The number of esters is 1. The van der Waals surface area contributed by atoms with Gasteiger partial charge in [0.2, 0.25) is 11.8 Å². The Morgan fingerprint density at radius 2 is 1.91 bits per heavy atom. The van der Waals surface area contributed by atoms with Gasteiger partial charge in [-0.25, -0.2) is 0 Å². The number of likely N-dealkylation sites (tertiary alicyclic amines) is 1. The van der Waals surface area contributed by atoms with Crippen molar-refractivity contribution in [3.05, 3.63) is 24.3 Å². The summed E-state index contributed by atoms with van der Waals surface area (Å²) < 4.78 is 12.2. The minimum absolute atomic E-state index is 0.0466. The quantitative estimate of drug-likeness (QED) is 0.482. The summed E-state index contributed by atoms with van der Waals surface area (Å²) in [7, 11) is 0. The van der Waals surface area contributed by atoms with Crippen molar-refractivity contribution < 1.29 is 29.0 Å². The fraction of sp³-hybridized carbons (Fsp3) is 0.741. The lowest BCUT2D eigenvalue weighted by molar-refractivity contribution is -0.158. The van der Waals surface area contributed by atoms with Crippen LogP contribution in [-0.2, 0) is 23.9 Å². The van der Waals surface area contributed by atoms with Crippen molar-refractivity contribution in [2.24, 2.45) is 17.8 Å². The first-order valence-corrected chi connectivity index (χ1v) is 13.0. The first-order valence-electron chi connectivity index (χ1n) is 13.0. The fourth-order valence-electron chi connectivity index (χ4n) is 6.13. The zero-order valence-corrected chi connectivity index (χ0v) is 21.6. The number of carbonyl (C=O) groups is 3. The molecule has 4 rings (SSSR count). The van der Waals surface area contributed by atoms with Crippen molar-refractivity contribution in [1.29, 1.82) is 0 Å². The predicted molar refractivity (Wildman–Crippen MR) is 130 cm³/mol. The minimum atomic E-state index is -1.30. The van der Waals surface area contributed by atoms with Gasteiger partial charge in [0.1, 0.15) is 17.6 Å². The largest absolute Gasteiger partial charge is 0.465 e. The molecule has 1 spiro atoms. The SMILES string of the molecule is CC[C@H](C)[C@H](CO)N1C(=O)[C@@H]2[C@H]3C(=O)OCCCC/C=C\[C@H]3O[C@@]23C=CCN(C(C)(C)C)C(=O)C13. The number of hydrogen-bond acceptors (Lipinski definition) is 6. The van der Waals surface area contributed by atoms with Crippen LogP contribution in [0.25, 0.3) is 0 Å². The maximum atomic E-state index is 14.2. The van der Waals surface area contributed by atoms with Crippen LogP contribution in [0.4, 0.5) is 0 Å². The number of fused-ring (bicyclic) bond motifs is 2. The monoisotopic (exact) mass is 488 g/mol. The summed E-state index contributed by atoms with van der Waals surface area (Å²) in [6.07, 6.45) is 10.1. The van der Waals surface area contributed by atoms with Crippen LogP contribution in [0.5, 0.6) is 0 Å². The van der Waals surface area contributed by atoms with E-state index in [4.69, 9.17) is 9.47 Å². The second-order valence-corrected chi connectivity index (χ2v) is 11.3. The molecular formula is C27H40N2O6. The molecule has 0 aliphatic carbocycles. The van der Waals surface area contributed by atoms with Gasteiger partial charge in [-0.2, -0.15) is 0 Å². The van der Waals surface area contributed by atoms with E-state index in [1.165, 1.54) is 0 Å². The third-order valence-electron chi connectivity index (χ3n) is 8.19. The molecule has 4 aliphatic heterocycles. The highest BCUT2D eigenvalue weighted by molar-refractivity contribution is 5.99. The van der Waals surface area contributed by atoms with Crippen LogP contribution in [-0.4, -0.2) is 81.8 Å². The number of nitrogens with zero attached hydrogens (tertiary/aromatic N) is 2. The van der Waals surface area contributed by atoms with Crippen molar-refractivity contribution >= 4 is 17.8 Å². The van der Waals surface area contributed by atoms with Crippen LogP contribution < -0.4 is 0 Å². The van der Waals surface area contributed by atoms with Crippen LogP contribution in [0, 0.1) is 17.8 Å². The van der Waals surface area contributed by atoms with Crippen molar-refractivity contribution in [2.45, 2.75) is 89.6 Å². The van der Waals surface area contributed by atoms with E-state index in [2.05, 4.69) is 0 Å². The van der Waals surface area contributed by atoms with Gasteiger partial charge in [0.15, 0.2) is 0 Å². The van der Waals surface area contributed by atoms with Gasteiger partial charge in [0.25, 0.3) is 0 Å². The number of hydrogen-bond donors (Lipinski definition) is 1. The molecule has 0 saturated carbocycles. The third kappa shape index (κ3) is 4.22. The maximum absolute atomic E-state index is 14.2. The average molecular weight is 489 g/mol. The van der Waals surface area contributed by atoms with Gasteiger partial charge < -0.3 is 24.4 Å². The lowest BCUT2D eigenvalue weighted by atomic mass is 9.77. The normalized spacial score (nSPS) is 36.1. The Balaban J connectivity index is 1.88. The van der Waals surface area contributed by atoms with E-state index < -0.39 is 47.1 Å². The van der Waals surface area contributed by atoms with Gasteiger partial charge in [0.05, 0.1) is 31.3 Å². The second-order valence-electron chi connectivity index (χ2n) is 11.3. The van der Waals surface area contributed by atoms with E-state index >= 15 is 0 Å². The van der Waals surface area contributed by atoms with Crippen LogP contribution >= 0.6 is 0 Å². The van der Waals surface area contributed by atoms with Gasteiger partial charge in [0, 0.05) is 12.1 Å². The molecule has 0 aromatic heterocycles. The smallest absolute Gasteiger partial charge is 0.312 e. The summed E-state index contributed by atoms with van der Waals surface area (Å²) >= 11 is 0. The summed E-state index contributed by atoms with van der Waals surface area (Å²) in [6.45, 7) is 10.3. The van der Waals surface area contributed by atoms with E-state index in [1.54, 1.807) is 9.80 Å². The average Bonchev–Trinajstić information content (AvgIpc) is 3.18. The molecule has 2 saturated heterocycles. The van der Waals surface area contributed by atoms with Crippen LogP contribution in [0.15, 0.2) is 24.3 Å². The molecule has 8 heteroatoms. The molecule has 1 unspecified atom stereocenters. The van der Waals surface area contributed by atoms with Crippen molar-refractivity contribution in [3.8, 4) is 0 Å². The Morgan fingerprint density at radius 3 is 2.57 bits per heavy atom. The fourth-order valence-corrected chi connectivity index (χ4v) is 6.13. The molecule has 194 valence electrons. The predicted octanol–water partition coefficient (Wildman–Crippen LogP) is 2.45. The summed E-state index contributed by atoms with van der Waals surface area (Å²) in [6, 6.07) is -1.53. The molecule has 35 heavy (non-hydrogen) atoms. The van der Waals surface area contributed by atoms with Gasteiger partial charge in [-0.3, -0.25) is 14.4 Å². The Kier molecular flexibility index (Phi) is 7.17. The lowest BCUT2D eigenvalue weighted by Crippen LogP contribution is -2.61. The number of cyclic esters (lactones) is 1. The van der Waals surface area contributed by atoms with Gasteiger partial charge in [-0.15, -0.1) is 0 Å². The van der Waals surface area contributed by atoms with Crippen molar-refractivity contribution in [3.63, 3.8) is 0 Å². The van der Waals surface area contributed by atoms with E-state index in [-0.39, 0.29) is 24.3 Å². The standard InChI is InChI=1S/C27H40N2O6/c1-6-17(2)18(16-30)29-22-24(32)28(26(3,4)5)14-11-13-27(22)21(23(29)31)20-19(35-27)12-9-7-8-10-15-34-25(20)33/h9,11-13,17-22,30H,6-8,10,14-16H2,1-5H3/b12-9-/t17-,18-,19+,20-,21-,22?,27-/m0/s1. The lowest BCUT2D eigenvalue weighted by Gasteiger charge is -2.43. The number of amides is 2. The summed E-state index contributed by atoms with van der Waals surface area (Å²) in [5, 5.41) is 10.4. The zero-order chi connectivity index (χ0) is 25.5. The number of ether oxygens (including phenoxy) is 2. The van der Waals surface area contributed by atoms with Gasteiger partial charge in [-0.1, -0.05) is 44.6 Å². The van der Waals surface area contributed by atoms with Crippen LogP contribution in [0.3, 0.4) is 0 Å². The second kappa shape index (κ2) is 9.69. The van der Waals surface area contributed by atoms with E-state index in [1.807, 2.05) is 58.9 Å². The number of allylic oxidation sites excluding steroid dienone is 1. The minimum Gasteiger partial charge on any atom is -0.465 e. The molecule has 0 bridgehead atoms. The highest BCUT2D eigenvalue weighted by atomic mass is 16.6. The van der Waals surface area contributed by atoms with Crippen molar-refractivity contribution in [1.82, 2.24) is 9.80 Å². The number of aliphatic hydroxyl groups excluding tert-OH is 1. The number of rotatable bonds is 4. The Bertz CT molecular complexity index is 908. The number of aliphatic hydroxyl groups is 1. The Morgan fingerprint density at radius 1 is 1.17 bits per heavy atom. The molecule has 7 atom stereocenters. The van der Waals surface area contributed by atoms with Gasteiger partial charge in [-0.05, 0) is 46.0 Å². The molecule has 4 aliphatic rings. The molecular weight excluding hydrogens is 448 g/mol. The highest BCUT2D eigenvalue weighted by Gasteiger charge is 2.72. The third-order valence-corrected chi connectivity index (χ3v) is 8.19. The summed E-state index contributed by atoms with van der Waals surface area (Å²) in [4.78, 5) is 45.1. The van der Waals surface area contributed by atoms with E-state index in [0.29, 0.717) is 13.2 Å². The van der Waals surface area contributed by atoms with E-state index in [9.17, 15) is 19.5 Å². The maximum Gasteiger partial charge on any atom is 0.312 e. The van der Waals surface area contributed by atoms with Gasteiger partial charge >= 0.3 is 5.97 Å². The Hall–Kier alpha value is -2.19. The zero-order valence-electron chi connectivity index (χ0n) is 21.6. The molecule has 0 aromatic rings. The molecule has 0 radical (unpaired) electrons. The first-order chi connectivity index (χ1) is 16.6. The topological polar surface area (TPSA) is 96.4 Å². The summed E-state index contributed by atoms with van der Waals surface area (Å²) in [5.41, 5.74) is -1.79. The molecule has 1 N–H and O–H groups in total. The molecule has 2 amide bonds. The highest BCUT2D eigenvalue weighted by Crippen LogP contribution is 2.54. The number of carbonyl (C=O) groups excluding carboxylic acids is 3. The van der Waals surface area contributed by atoms with Crippen LogP contribution in [0.2, 0.25) is 0 Å². The summed E-state index contributed by atoms with van der Waals surface area (Å²) in [5.74, 6) is -2.79. The molecule has 2 fully saturated rings. The van der Waals surface area contributed by atoms with E-state index in [0.717, 1.165) is 25.7 Å². The van der Waals surface area contributed by atoms with Crippen molar-refractivity contribution in [2.75, 3.05) is 19.8 Å². The molecule has 8 nitrogen and oxygen atoms in total.